The van der Waals surface area contributed by atoms with Gasteiger partial charge in [0.1, 0.15) is 0 Å². The zero-order valence-electron chi connectivity index (χ0n) is 21.1. The molecule has 0 aliphatic heterocycles. The average molecular weight is 539 g/mol. The van der Waals surface area contributed by atoms with Crippen LogP contribution < -0.4 is 21.3 Å². The van der Waals surface area contributed by atoms with Crippen LogP contribution in [-0.4, -0.2) is 30.3 Å². The van der Waals surface area contributed by atoms with Crippen molar-refractivity contribution in [3.8, 4) is 0 Å². The maximum atomic E-state index is 12.9. The number of benzene rings is 3. The first-order chi connectivity index (χ1) is 18.7. The summed E-state index contributed by atoms with van der Waals surface area (Å²) in [4.78, 5) is 37.5. The minimum Gasteiger partial charge on any atom is -0.376 e. The van der Waals surface area contributed by atoms with E-state index < -0.39 is 17.6 Å². The number of anilines is 3. The van der Waals surface area contributed by atoms with Crippen molar-refractivity contribution < 1.29 is 27.6 Å². The van der Waals surface area contributed by atoms with Crippen molar-refractivity contribution in [2.24, 2.45) is 0 Å². The third-order valence-electron chi connectivity index (χ3n) is 6.40. The molecule has 3 amide bonds. The van der Waals surface area contributed by atoms with Crippen LogP contribution in [-0.2, 0) is 11.0 Å². The molecule has 1 fully saturated rings. The number of nitrogens with one attached hydrogen (secondary N) is 4. The van der Waals surface area contributed by atoms with Crippen molar-refractivity contribution in [1.29, 1.82) is 0 Å². The van der Waals surface area contributed by atoms with Crippen molar-refractivity contribution in [2.75, 3.05) is 22.5 Å². The number of hydrogen-bond acceptors (Lipinski definition) is 4. The second-order valence-corrected chi connectivity index (χ2v) is 9.40. The molecule has 0 bridgehead atoms. The fourth-order valence-corrected chi connectivity index (χ4v) is 4.36. The van der Waals surface area contributed by atoms with Gasteiger partial charge in [0.25, 0.3) is 11.8 Å². The molecule has 0 unspecified atom stereocenters. The van der Waals surface area contributed by atoms with Crippen LogP contribution in [0, 0.1) is 0 Å². The van der Waals surface area contributed by atoms with Crippen molar-refractivity contribution in [3.63, 3.8) is 0 Å². The second-order valence-electron chi connectivity index (χ2n) is 9.40. The highest BCUT2D eigenvalue weighted by molar-refractivity contribution is 6.05. The lowest BCUT2D eigenvalue weighted by molar-refractivity contribution is -0.137. The van der Waals surface area contributed by atoms with Gasteiger partial charge in [-0.2, -0.15) is 13.2 Å². The Morgan fingerprint density at radius 2 is 1.38 bits per heavy atom. The predicted octanol–water partition coefficient (Wildman–Crippen LogP) is 6.07. The topological polar surface area (TPSA) is 99.3 Å². The molecule has 3 aromatic rings. The Morgan fingerprint density at radius 3 is 2.08 bits per heavy atom. The molecule has 0 spiro atoms. The Hall–Kier alpha value is -4.34. The molecule has 0 radical (unpaired) electrons. The lowest BCUT2D eigenvalue weighted by Gasteiger charge is -2.22. The quantitative estimate of drug-likeness (QED) is 0.280. The highest BCUT2D eigenvalue weighted by Crippen LogP contribution is 2.30. The molecule has 1 aliphatic rings. The summed E-state index contributed by atoms with van der Waals surface area (Å²) in [6, 6.07) is 17.5. The van der Waals surface area contributed by atoms with E-state index in [1.54, 1.807) is 36.4 Å². The molecule has 204 valence electrons. The van der Waals surface area contributed by atoms with E-state index in [0.717, 1.165) is 37.8 Å². The van der Waals surface area contributed by atoms with Crippen LogP contribution >= 0.6 is 0 Å². The maximum Gasteiger partial charge on any atom is 0.416 e. The molecular weight excluding hydrogens is 509 g/mol. The summed E-state index contributed by atoms with van der Waals surface area (Å²) in [6.07, 6.45) is 0.961. The fourth-order valence-electron chi connectivity index (χ4n) is 4.36. The molecule has 3 aromatic carbocycles. The molecule has 4 rings (SSSR count). The van der Waals surface area contributed by atoms with E-state index in [0.29, 0.717) is 16.9 Å². The first kappa shape index (κ1) is 27.7. The van der Waals surface area contributed by atoms with E-state index in [4.69, 9.17) is 0 Å². The van der Waals surface area contributed by atoms with E-state index in [9.17, 15) is 27.6 Å². The van der Waals surface area contributed by atoms with E-state index in [-0.39, 0.29) is 35.7 Å². The van der Waals surface area contributed by atoms with Crippen molar-refractivity contribution in [2.45, 2.75) is 44.3 Å². The molecule has 7 nitrogen and oxygen atoms in total. The Labute approximate surface area is 224 Å². The molecule has 0 saturated heterocycles. The van der Waals surface area contributed by atoms with Gasteiger partial charge in [-0.1, -0.05) is 31.4 Å². The van der Waals surface area contributed by atoms with Crippen molar-refractivity contribution in [3.05, 3.63) is 89.5 Å². The normalized spacial score (nSPS) is 13.8. The SMILES string of the molecule is O=C(CNc1ccc(C(=O)NC2CCCCC2)cc1)Nc1cccc(C(=O)Nc2cccc(C(F)(F)F)c2)c1. The van der Waals surface area contributed by atoms with E-state index in [1.165, 1.54) is 30.7 Å². The summed E-state index contributed by atoms with van der Waals surface area (Å²) < 4.78 is 38.8. The minimum absolute atomic E-state index is 0.00551. The van der Waals surface area contributed by atoms with Gasteiger partial charge in [0.2, 0.25) is 5.91 Å². The maximum absolute atomic E-state index is 12.9. The van der Waals surface area contributed by atoms with Gasteiger partial charge in [0, 0.05) is 34.2 Å². The third kappa shape index (κ3) is 8.07. The second kappa shape index (κ2) is 12.5. The van der Waals surface area contributed by atoms with Gasteiger partial charge in [0.15, 0.2) is 0 Å². The average Bonchev–Trinajstić information content (AvgIpc) is 2.92. The molecule has 0 atom stereocenters. The number of halogens is 3. The Balaban J connectivity index is 1.27. The summed E-state index contributed by atoms with van der Waals surface area (Å²) in [5, 5.41) is 11.2. The molecule has 10 heteroatoms. The fraction of sp³-hybridized carbons (Fsp3) is 0.276. The first-order valence-corrected chi connectivity index (χ1v) is 12.7. The smallest absolute Gasteiger partial charge is 0.376 e. The van der Waals surface area contributed by atoms with Crippen molar-refractivity contribution >= 4 is 34.8 Å². The molecular formula is C29H29F3N4O3. The van der Waals surface area contributed by atoms with Crippen molar-refractivity contribution in [1.82, 2.24) is 5.32 Å². The van der Waals surface area contributed by atoms with Crippen LogP contribution in [0.5, 0.6) is 0 Å². The number of hydrogen-bond donors (Lipinski definition) is 4. The van der Waals surface area contributed by atoms with Gasteiger partial charge in [-0.25, -0.2) is 0 Å². The van der Waals surface area contributed by atoms with E-state index in [2.05, 4.69) is 21.3 Å². The van der Waals surface area contributed by atoms with Gasteiger partial charge >= 0.3 is 6.18 Å². The lowest BCUT2D eigenvalue weighted by atomic mass is 9.95. The number of amides is 3. The molecule has 39 heavy (non-hydrogen) atoms. The van der Waals surface area contributed by atoms with Crippen LogP contribution in [0.15, 0.2) is 72.8 Å². The monoisotopic (exact) mass is 538 g/mol. The molecule has 0 aromatic heterocycles. The third-order valence-corrected chi connectivity index (χ3v) is 6.40. The summed E-state index contributed by atoms with van der Waals surface area (Å²) in [6.45, 7) is -0.0612. The largest absolute Gasteiger partial charge is 0.416 e. The zero-order valence-corrected chi connectivity index (χ0v) is 21.1. The Morgan fingerprint density at radius 1 is 0.718 bits per heavy atom. The highest BCUT2D eigenvalue weighted by Gasteiger charge is 2.30. The van der Waals surface area contributed by atoms with E-state index in [1.807, 2.05) is 0 Å². The zero-order chi connectivity index (χ0) is 27.8. The predicted molar refractivity (Wildman–Crippen MR) is 144 cm³/mol. The van der Waals surface area contributed by atoms with Crippen LogP contribution in [0.4, 0.5) is 30.2 Å². The molecule has 0 heterocycles. The number of carbonyl (C=O) groups is 3. The van der Waals surface area contributed by atoms with E-state index >= 15 is 0 Å². The molecule has 4 N–H and O–H groups in total. The van der Waals surface area contributed by atoms with Gasteiger partial charge in [-0.05, 0) is 73.5 Å². The van der Waals surface area contributed by atoms with Crippen LogP contribution in [0.2, 0.25) is 0 Å². The van der Waals surface area contributed by atoms with Gasteiger partial charge in [-0.15, -0.1) is 0 Å². The van der Waals surface area contributed by atoms with Gasteiger partial charge in [0.05, 0.1) is 12.1 Å². The number of carbonyl (C=O) groups excluding carboxylic acids is 3. The van der Waals surface area contributed by atoms with Gasteiger partial charge < -0.3 is 21.3 Å². The van der Waals surface area contributed by atoms with Crippen LogP contribution in [0.3, 0.4) is 0 Å². The lowest BCUT2D eigenvalue weighted by Crippen LogP contribution is -2.36. The first-order valence-electron chi connectivity index (χ1n) is 12.7. The highest BCUT2D eigenvalue weighted by atomic mass is 19.4. The minimum atomic E-state index is -4.52. The number of alkyl halides is 3. The van der Waals surface area contributed by atoms with Crippen LogP contribution in [0.25, 0.3) is 0 Å². The Bertz CT molecular complexity index is 1320. The van der Waals surface area contributed by atoms with Gasteiger partial charge in [-0.3, -0.25) is 14.4 Å². The van der Waals surface area contributed by atoms with Crippen LogP contribution in [0.1, 0.15) is 58.4 Å². The summed E-state index contributed by atoms with van der Waals surface area (Å²) >= 11 is 0. The Kier molecular flexibility index (Phi) is 8.85. The standard InChI is InChI=1S/C29H29F3N4O3/c30-29(31,32)21-7-5-11-25(17-21)36-28(39)20-6-4-10-24(16-20)34-26(37)18-33-22-14-12-19(13-15-22)27(38)35-23-8-2-1-3-9-23/h4-7,10-17,23,33H,1-3,8-9,18H2,(H,34,37)(H,35,38)(H,36,39). The summed E-state index contributed by atoms with van der Waals surface area (Å²) in [5.41, 5.74) is 0.870. The number of rotatable bonds is 8. The summed E-state index contributed by atoms with van der Waals surface area (Å²) in [5.74, 6) is -1.09. The molecule has 1 saturated carbocycles. The summed E-state index contributed by atoms with van der Waals surface area (Å²) in [7, 11) is 0. The molecule has 1 aliphatic carbocycles.